The zero-order valence-corrected chi connectivity index (χ0v) is 22.9. The quantitative estimate of drug-likeness (QED) is 0.365. The molecule has 2 aromatic carbocycles. The first kappa shape index (κ1) is 27.3. The maximum Gasteiger partial charge on any atom is 0.261 e. The molecule has 0 heterocycles. The van der Waals surface area contributed by atoms with E-state index in [0.717, 1.165) is 35.7 Å². The predicted octanol–water partition coefficient (Wildman–Crippen LogP) is 6.25. The Hall–Kier alpha value is -2.34. The van der Waals surface area contributed by atoms with Crippen LogP contribution in [0.3, 0.4) is 0 Å². The van der Waals surface area contributed by atoms with Gasteiger partial charge in [-0.05, 0) is 70.8 Å². The second kappa shape index (κ2) is 13.7. The van der Waals surface area contributed by atoms with Crippen LogP contribution >= 0.6 is 15.9 Å². The maximum atomic E-state index is 13.4. The molecule has 1 saturated carbocycles. The van der Waals surface area contributed by atoms with E-state index < -0.39 is 6.04 Å². The highest BCUT2D eigenvalue weighted by molar-refractivity contribution is 9.10. The fourth-order valence-electron chi connectivity index (χ4n) is 4.66. The van der Waals surface area contributed by atoms with Crippen LogP contribution in [-0.4, -0.2) is 41.9 Å². The second-order valence-corrected chi connectivity index (χ2v) is 10.6. The molecule has 0 saturated heterocycles. The van der Waals surface area contributed by atoms with Crippen LogP contribution in [-0.2, 0) is 16.0 Å². The smallest absolute Gasteiger partial charge is 0.261 e. The maximum absolute atomic E-state index is 13.4. The van der Waals surface area contributed by atoms with Crippen molar-refractivity contribution in [3.8, 4) is 5.75 Å². The van der Waals surface area contributed by atoms with E-state index in [1.54, 1.807) is 4.90 Å². The van der Waals surface area contributed by atoms with E-state index >= 15 is 0 Å². The molecule has 35 heavy (non-hydrogen) atoms. The molecule has 1 unspecified atom stereocenters. The number of nitrogens with zero attached hydrogens (tertiary/aromatic N) is 1. The van der Waals surface area contributed by atoms with Crippen molar-refractivity contribution in [1.29, 1.82) is 0 Å². The zero-order chi connectivity index (χ0) is 25.2. The molecule has 0 aliphatic heterocycles. The number of nitrogens with one attached hydrogen (secondary N) is 1. The molecule has 1 aliphatic carbocycles. The van der Waals surface area contributed by atoms with Gasteiger partial charge in [0, 0.05) is 12.6 Å². The Morgan fingerprint density at radius 2 is 1.80 bits per heavy atom. The molecular formula is C29H39BrN2O3. The van der Waals surface area contributed by atoms with Crippen LogP contribution in [0.15, 0.2) is 53.0 Å². The fourth-order valence-corrected chi connectivity index (χ4v) is 5.17. The van der Waals surface area contributed by atoms with Crippen molar-refractivity contribution in [3.63, 3.8) is 0 Å². The molecule has 1 fully saturated rings. The van der Waals surface area contributed by atoms with Gasteiger partial charge < -0.3 is 15.0 Å². The summed E-state index contributed by atoms with van der Waals surface area (Å²) in [7, 11) is 0. The summed E-state index contributed by atoms with van der Waals surface area (Å²) in [6, 6.07) is 15.7. The third kappa shape index (κ3) is 8.09. The van der Waals surface area contributed by atoms with Crippen molar-refractivity contribution in [2.24, 2.45) is 0 Å². The summed E-state index contributed by atoms with van der Waals surface area (Å²) in [4.78, 5) is 28.4. The summed E-state index contributed by atoms with van der Waals surface area (Å²) < 4.78 is 6.75. The minimum absolute atomic E-state index is 0.0525. The second-order valence-electron chi connectivity index (χ2n) is 9.72. The summed E-state index contributed by atoms with van der Waals surface area (Å²) in [5.41, 5.74) is 2.34. The number of rotatable bonds is 11. The van der Waals surface area contributed by atoms with Crippen LogP contribution in [0.25, 0.3) is 0 Å². The summed E-state index contributed by atoms with van der Waals surface area (Å²) in [5.74, 6) is 0.809. The molecule has 0 aromatic heterocycles. The number of benzene rings is 2. The van der Waals surface area contributed by atoms with Gasteiger partial charge in [0.25, 0.3) is 5.91 Å². The Labute approximate surface area is 218 Å². The fraction of sp³-hybridized carbons (Fsp3) is 0.517. The van der Waals surface area contributed by atoms with Gasteiger partial charge in [-0.1, -0.05) is 76.4 Å². The van der Waals surface area contributed by atoms with Gasteiger partial charge in [0.1, 0.15) is 11.8 Å². The number of ether oxygens (including phenoxy) is 1. The van der Waals surface area contributed by atoms with E-state index in [1.165, 1.54) is 12.0 Å². The molecule has 2 amide bonds. The molecule has 1 aliphatic rings. The molecule has 0 spiro atoms. The molecule has 2 aromatic rings. The Morgan fingerprint density at radius 1 is 1.09 bits per heavy atom. The standard InChI is InChI=1S/C29H39BrN2O3/c1-4-26(29(34)31-24-13-9-6-10-14-24)32(18-17-22-11-7-5-8-12-22)28(33)20-35-27-16-15-23(21(2)3)19-25(27)30/h5,7-8,11-12,15-16,19,21,24,26H,4,6,9-10,13-14,17-18,20H2,1-3H3,(H,31,34). The van der Waals surface area contributed by atoms with Gasteiger partial charge in [0.2, 0.25) is 5.91 Å². The third-order valence-electron chi connectivity index (χ3n) is 6.80. The van der Waals surface area contributed by atoms with Crippen LogP contribution in [0.5, 0.6) is 5.75 Å². The van der Waals surface area contributed by atoms with Gasteiger partial charge in [-0.25, -0.2) is 0 Å². The van der Waals surface area contributed by atoms with Crippen molar-refractivity contribution in [3.05, 3.63) is 64.1 Å². The molecule has 1 atom stereocenters. The third-order valence-corrected chi connectivity index (χ3v) is 7.42. The Morgan fingerprint density at radius 3 is 2.43 bits per heavy atom. The number of amides is 2. The first-order chi connectivity index (χ1) is 16.9. The largest absolute Gasteiger partial charge is 0.483 e. The van der Waals surface area contributed by atoms with Crippen LogP contribution in [0.1, 0.15) is 76.3 Å². The highest BCUT2D eigenvalue weighted by Gasteiger charge is 2.30. The molecule has 1 N–H and O–H groups in total. The molecule has 190 valence electrons. The van der Waals surface area contributed by atoms with E-state index in [2.05, 4.69) is 47.2 Å². The van der Waals surface area contributed by atoms with Crippen molar-refractivity contribution in [2.45, 2.75) is 83.7 Å². The van der Waals surface area contributed by atoms with Gasteiger partial charge >= 0.3 is 0 Å². The monoisotopic (exact) mass is 542 g/mol. The Balaban J connectivity index is 1.71. The lowest BCUT2D eigenvalue weighted by Gasteiger charge is -2.32. The normalized spacial score (nSPS) is 15.0. The van der Waals surface area contributed by atoms with Gasteiger partial charge in [0.15, 0.2) is 6.61 Å². The van der Waals surface area contributed by atoms with Crippen molar-refractivity contribution < 1.29 is 14.3 Å². The Bertz CT molecular complexity index is 958. The van der Waals surface area contributed by atoms with Crippen LogP contribution in [0.2, 0.25) is 0 Å². The predicted molar refractivity (Wildman–Crippen MR) is 145 cm³/mol. The number of hydrogen-bond acceptors (Lipinski definition) is 3. The lowest BCUT2D eigenvalue weighted by Crippen LogP contribution is -2.53. The molecule has 5 nitrogen and oxygen atoms in total. The van der Waals surface area contributed by atoms with E-state index in [1.807, 2.05) is 43.3 Å². The van der Waals surface area contributed by atoms with Crippen molar-refractivity contribution in [2.75, 3.05) is 13.2 Å². The zero-order valence-electron chi connectivity index (χ0n) is 21.3. The highest BCUT2D eigenvalue weighted by Crippen LogP contribution is 2.29. The number of carbonyl (C=O) groups is 2. The summed E-state index contributed by atoms with van der Waals surface area (Å²) in [6.45, 7) is 6.60. The lowest BCUT2D eigenvalue weighted by atomic mass is 9.95. The average Bonchev–Trinajstić information content (AvgIpc) is 2.86. The van der Waals surface area contributed by atoms with Crippen molar-refractivity contribution >= 4 is 27.7 Å². The first-order valence-corrected chi connectivity index (χ1v) is 13.7. The first-order valence-electron chi connectivity index (χ1n) is 12.9. The highest BCUT2D eigenvalue weighted by atomic mass is 79.9. The van der Waals surface area contributed by atoms with Gasteiger partial charge in [0.05, 0.1) is 4.47 Å². The van der Waals surface area contributed by atoms with E-state index in [4.69, 9.17) is 4.74 Å². The number of hydrogen-bond donors (Lipinski definition) is 1. The average molecular weight is 544 g/mol. The topological polar surface area (TPSA) is 58.6 Å². The molecule has 0 radical (unpaired) electrons. The van der Waals surface area contributed by atoms with Crippen molar-refractivity contribution in [1.82, 2.24) is 10.2 Å². The SMILES string of the molecule is CCC(C(=O)NC1CCCCC1)N(CCc1ccccc1)C(=O)COc1ccc(C(C)C)cc1Br. The minimum atomic E-state index is -0.511. The van der Waals surface area contributed by atoms with E-state index in [0.29, 0.717) is 31.1 Å². The van der Waals surface area contributed by atoms with E-state index in [-0.39, 0.29) is 24.5 Å². The minimum Gasteiger partial charge on any atom is -0.483 e. The van der Waals surface area contributed by atoms with Crippen LogP contribution in [0.4, 0.5) is 0 Å². The molecular weight excluding hydrogens is 504 g/mol. The summed E-state index contributed by atoms with van der Waals surface area (Å²) in [5, 5.41) is 3.22. The summed E-state index contributed by atoms with van der Waals surface area (Å²) >= 11 is 3.57. The number of carbonyl (C=O) groups excluding carboxylic acids is 2. The lowest BCUT2D eigenvalue weighted by molar-refractivity contribution is -0.142. The van der Waals surface area contributed by atoms with Crippen LogP contribution < -0.4 is 10.1 Å². The van der Waals surface area contributed by atoms with Gasteiger partial charge in [-0.3, -0.25) is 9.59 Å². The molecule has 6 heteroatoms. The number of halogens is 1. The van der Waals surface area contributed by atoms with Gasteiger partial charge in [-0.15, -0.1) is 0 Å². The summed E-state index contributed by atoms with van der Waals surface area (Å²) in [6.07, 6.45) is 6.81. The van der Waals surface area contributed by atoms with E-state index in [9.17, 15) is 9.59 Å². The van der Waals surface area contributed by atoms with Crippen LogP contribution in [0, 0.1) is 0 Å². The molecule has 3 rings (SSSR count). The molecule has 0 bridgehead atoms. The Kier molecular flexibility index (Phi) is 10.6. The van der Waals surface area contributed by atoms with Gasteiger partial charge in [-0.2, -0.15) is 0 Å².